The minimum atomic E-state index is -1.27. The lowest BCUT2D eigenvalue weighted by Gasteiger charge is -2.22. The number of imide groups is 1. The fraction of sp³-hybridized carbons (Fsp3) is 0.200. The number of nitrogens with zero attached hydrogens (tertiary/aromatic N) is 1. The summed E-state index contributed by atoms with van der Waals surface area (Å²) >= 11 is 5.88. The van der Waals surface area contributed by atoms with Crippen molar-refractivity contribution in [1.29, 1.82) is 0 Å². The number of benzene rings is 2. The van der Waals surface area contributed by atoms with E-state index < -0.39 is 29.9 Å². The molecule has 3 rings (SSSR count). The Bertz CT molecular complexity index is 956. The third-order valence-electron chi connectivity index (χ3n) is 4.57. The number of hydrogen-bond donors (Lipinski definition) is 2. The van der Waals surface area contributed by atoms with Gasteiger partial charge < -0.3 is 10.6 Å². The van der Waals surface area contributed by atoms with Crippen LogP contribution in [0.25, 0.3) is 0 Å². The highest BCUT2D eigenvalue weighted by Crippen LogP contribution is 2.29. The maximum Gasteiger partial charge on any atom is 0.325 e. The maximum atomic E-state index is 12.8. The predicted octanol–water partition coefficient (Wildman–Crippen LogP) is 2.95. The van der Waals surface area contributed by atoms with E-state index >= 15 is 0 Å². The molecule has 1 atom stereocenters. The molecule has 4 amide bonds. The summed E-state index contributed by atoms with van der Waals surface area (Å²) in [6, 6.07) is 12.2. The molecule has 1 heterocycles. The van der Waals surface area contributed by atoms with Crippen LogP contribution in [0, 0.1) is 0 Å². The predicted molar refractivity (Wildman–Crippen MR) is 104 cm³/mol. The first kappa shape index (κ1) is 19.6. The Kier molecular flexibility index (Phi) is 5.20. The summed E-state index contributed by atoms with van der Waals surface area (Å²) in [6.07, 6.45) is 0. The van der Waals surface area contributed by atoms with E-state index in [1.807, 2.05) is 0 Å². The van der Waals surface area contributed by atoms with Crippen LogP contribution in [0.3, 0.4) is 0 Å². The Labute approximate surface area is 166 Å². The molecule has 144 valence electrons. The molecule has 0 aliphatic carbocycles. The molecule has 0 spiro atoms. The number of anilines is 1. The van der Waals surface area contributed by atoms with Gasteiger partial charge >= 0.3 is 6.03 Å². The van der Waals surface area contributed by atoms with E-state index in [0.717, 1.165) is 4.90 Å². The molecular formula is C20H18ClN3O4. The number of amides is 4. The number of nitrogens with one attached hydrogen (secondary N) is 2. The Hall–Kier alpha value is -3.19. The average molecular weight is 400 g/mol. The van der Waals surface area contributed by atoms with Crippen molar-refractivity contribution in [2.24, 2.45) is 0 Å². The lowest BCUT2D eigenvalue weighted by Crippen LogP contribution is -2.42. The van der Waals surface area contributed by atoms with Crippen molar-refractivity contribution in [3.8, 4) is 0 Å². The molecular weight excluding hydrogens is 382 g/mol. The fourth-order valence-electron chi connectivity index (χ4n) is 2.95. The van der Waals surface area contributed by atoms with Gasteiger partial charge in [0, 0.05) is 16.3 Å². The molecule has 0 aromatic heterocycles. The van der Waals surface area contributed by atoms with Crippen LogP contribution in [0.5, 0.6) is 0 Å². The Morgan fingerprint density at radius 2 is 1.68 bits per heavy atom. The van der Waals surface area contributed by atoms with Gasteiger partial charge in [-0.2, -0.15) is 0 Å². The highest BCUT2D eigenvalue weighted by atomic mass is 35.5. The smallest absolute Gasteiger partial charge is 0.325 e. The van der Waals surface area contributed by atoms with Crippen molar-refractivity contribution >= 4 is 40.9 Å². The van der Waals surface area contributed by atoms with Crippen LogP contribution in [-0.4, -0.2) is 35.1 Å². The number of urea groups is 1. The minimum absolute atomic E-state index is 0.0845. The van der Waals surface area contributed by atoms with Crippen molar-refractivity contribution in [2.45, 2.75) is 19.4 Å². The van der Waals surface area contributed by atoms with Crippen LogP contribution >= 0.6 is 11.6 Å². The van der Waals surface area contributed by atoms with Crippen molar-refractivity contribution in [3.05, 3.63) is 64.7 Å². The molecule has 0 bridgehead atoms. The van der Waals surface area contributed by atoms with Crippen LogP contribution in [0.4, 0.5) is 10.5 Å². The van der Waals surface area contributed by atoms with Gasteiger partial charge in [0.1, 0.15) is 12.1 Å². The number of halogens is 1. The molecule has 8 heteroatoms. The zero-order chi connectivity index (χ0) is 20.5. The zero-order valence-electron chi connectivity index (χ0n) is 15.3. The summed E-state index contributed by atoms with van der Waals surface area (Å²) in [5.74, 6) is -1.14. The molecule has 0 radical (unpaired) electrons. The lowest BCUT2D eigenvalue weighted by atomic mass is 9.92. The van der Waals surface area contributed by atoms with Crippen LogP contribution in [0.15, 0.2) is 48.5 Å². The van der Waals surface area contributed by atoms with Crippen LogP contribution in [-0.2, 0) is 15.1 Å². The molecule has 1 aliphatic rings. The Balaban J connectivity index is 1.70. The lowest BCUT2D eigenvalue weighted by molar-refractivity contribution is -0.133. The molecule has 0 saturated carbocycles. The number of carbonyl (C=O) groups is 4. The van der Waals surface area contributed by atoms with E-state index in [0.29, 0.717) is 21.8 Å². The summed E-state index contributed by atoms with van der Waals surface area (Å²) < 4.78 is 0. The van der Waals surface area contributed by atoms with Gasteiger partial charge in [-0.05, 0) is 55.8 Å². The second-order valence-electron chi connectivity index (χ2n) is 6.64. The van der Waals surface area contributed by atoms with Crippen molar-refractivity contribution < 1.29 is 19.2 Å². The van der Waals surface area contributed by atoms with E-state index in [-0.39, 0.29) is 5.78 Å². The summed E-state index contributed by atoms with van der Waals surface area (Å²) in [6.45, 7) is 2.60. The molecule has 2 aromatic carbocycles. The van der Waals surface area contributed by atoms with Gasteiger partial charge in [-0.15, -0.1) is 0 Å². The highest BCUT2D eigenvalue weighted by molar-refractivity contribution is 6.30. The number of hydrogen-bond acceptors (Lipinski definition) is 4. The molecule has 28 heavy (non-hydrogen) atoms. The second kappa shape index (κ2) is 7.44. The quantitative estimate of drug-likeness (QED) is 0.596. The van der Waals surface area contributed by atoms with E-state index in [1.165, 1.54) is 6.92 Å². The van der Waals surface area contributed by atoms with Crippen molar-refractivity contribution in [1.82, 2.24) is 10.2 Å². The van der Waals surface area contributed by atoms with E-state index in [2.05, 4.69) is 10.6 Å². The second-order valence-corrected chi connectivity index (χ2v) is 7.07. The standard InChI is InChI=1S/C20H18ClN3O4/c1-12(25)13-3-9-16(10-4-13)22-17(26)11-24-18(27)20(2,23-19(24)28)14-5-7-15(21)8-6-14/h3-10H,11H2,1-2H3,(H,22,26)(H,23,28)/t20-/m0/s1. The van der Waals surface area contributed by atoms with Gasteiger partial charge in [0.2, 0.25) is 5.91 Å². The Morgan fingerprint density at radius 1 is 1.07 bits per heavy atom. The van der Waals surface area contributed by atoms with E-state index in [4.69, 9.17) is 11.6 Å². The molecule has 1 saturated heterocycles. The summed E-state index contributed by atoms with van der Waals surface area (Å²) in [7, 11) is 0. The summed E-state index contributed by atoms with van der Waals surface area (Å²) in [5.41, 5.74) is 0.275. The number of Topliss-reactive ketones (excluding diaryl/α,β-unsaturated/α-hetero) is 1. The van der Waals surface area contributed by atoms with Gasteiger partial charge in [-0.3, -0.25) is 19.3 Å². The van der Waals surface area contributed by atoms with Gasteiger partial charge in [-0.1, -0.05) is 23.7 Å². The molecule has 0 unspecified atom stereocenters. The number of rotatable bonds is 5. The van der Waals surface area contributed by atoms with E-state index in [1.54, 1.807) is 55.5 Å². The molecule has 7 nitrogen and oxygen atoms in total. The van der Waals surface area contributed by atoms with E-state index in [9.17, 15) is 19.2 Å². The van der Waals surface area contributed by atoms with Gasteiger partial charge in [-0.25, -0.2) is 4.79 Å². The van der Waals surface area contributed by atoms with Crippen LogP contribution in [0.1, 0.15) is 29.8 Å². The molecule has 1 aliphatic heterocycles. The van der Waals surface area contributed by atoms with Crippen LogP contribution in [0.2, 0.25) is 5.02 Å². The molecule has 1 fully saturated rings. The molecule has 2 aromatic rings. The van der Waals surface area contributed by atoms with Gasteiger partial charge in [0.15, 0.2) is 5.78 Å². The average Bonchev–Trinajstić information content (AvgIpc) is 2.86. The topological polar surface area (TPSA) is 95.6 Å². The Morgan fingerprint density at radius 3 is 2.25 bits per heavy atom. The zero-order valence-corrected chi connectivity index (χ0v) is 16.0. The summed E-state index contributed by atoms with van der Waals surface area (Å²) in [4.78, 5) is 49.6. The fourth-order valence-corrected chi connectivity index (χ4v) is 3.08. The molecule has 2 N–H and O–H groups in total. The van der Waals surface area contributed by atoms with Crippen molar-refractivity contribution in [2.75, 3.05) is 11.9 Å². The largest absolute Gasteiger partial charge is 0.325 e. The van der Waals surface area contributed by atoms with Gasteiger partial charge in [0.05, 0.1) is 0 Å². The van der Waals surface area contributed by atoms with Crippen LogP contribution < -0.4 is 10.6 Å². The third kappa shape index (κ3) is 3.75. The first-order valence-corrected chi connectivity index (χ1v) is 8.89. The maximum absolute atomic E-state index is 12.8. The number of carbonyl (C=O) groups excluding carboxylic acids is 4. The normalized spacial score (nSPS) is 18.8. The highest BCUT2D eigenvalue weighted by Gasteiger charge is 2.49. The first-order chi connectivity index (χ1) is 13.2. The SMILES string of the molecule is CC(=O)c1ccc(NC(=O)CN2C(=O)N[C@@](C)(c3ccc(Cl)cc3)C2=O)cc1. The minimum Gasteiger partial charge on any atom is -0.325 e. The summed E-state index contributed by atoms with van der Waals surface area (Å²) in [5, 5.41) is 5.75. The monoisotopic (exact) mass is 399 g/mol. The first-order valence-electron chi connectivity index (χ1n) is 8.52. The van der Waals surface area contributed by atoms with Gasteiger partial charge in [0.25, 0.3) is 5.91 Å². The number of ketones is 1. The van der Waals surface area contributed by atoms with Crippen molar-refractivity contribution in [3.63, 3.8) is 0 Å². The third-order valence-corrected chi connectivity index (χ3v) is 4.83.